The minimum atomic E-state index is -0.168. The summed E-state index contributed by atoms with van der Waals surface area (Å²) in [7, 11) is 1.63. The molecule has 1 aliphatic heterocycles. The van der Waals surface area contributed by atoms with Crippen molar-refractivity contribution in [1.82, 2.24) is 10.2 Å². The van der Waals surface area contributed by atoms with Crippen molar-refractivity contribution in [2.75, 3.05) is 30.4 Å². The summed E-state index contributed by atoms with van der Waals surface area (Å²) in [6, 6.07) is 6.01. The molecule has 0 bridgehead atoms. The van der Waals surface area contributed by atoms with Gasteiger partial charge in [0.05, 0.1) is 12.8 Å². The number of fused-ring (bicyclic) bond motifs is 1. The average molecular weight is 354 g/mol. The molecule has 138 valence electrons. The monoisotopic (exact) mass is 354 g/mol. The Balaban J connectivity index is 1.58. The lowest BCUT2D eigenvalue weighted by molar-refractivity contribution is 0.102. The highest BCUT2D eigenvalue weighted by Gasteiger charge is 2.23. The Morgan fingerprint density at radius 1 is 1.15 bits per heavy atom. The maximum Gasteiger partial charge on any atom is 0.276 e. The molecule has 0 radical (unpaired) electrons. The molecule has 0 atom stereocenters. The van der Waals surface area contributed by atoms with Crippen molar-refractivity contribution in [2.45, 2.75) is 44.9 Å². The number of rotatable bonds is 4. The highest BCUT2D eigenvalue weighted by molar-refractivity contribution is 6.05. The summed E-state index contributed by atoms with van der Waals surface area (Å²) >= 11 is 0. The Bertz CT molecular complexity index is 793. The molecule has 2 aliphatic rings. The molecular formula is C20H26N4O2. The van der Waals surface area contributed by atoms with Crippen LogP contribution in [0.5, 0.6) is 5.75 Å². The number of methoxy groups -OCH3 is 1. The van der Waals surface area contributed by atoms with Crippen LogP contribution in [-0.4, -0.2) is 36.3 Å². The summed E-state index contributed by atoms with van der Waals surface area (Å²) in [5.74, 6) is 0.502. The van der Waals surface area contributed by atoms with E-state index in [1.807, 2.05) is 12.1 Å². The van der Waals surface area contributed by atoms with Crippen molar-refractivity contribution in [3.63, 3.8) is 0 Å². The summed E-state index contributed by atoms with van der Waals surface area (Å²) in [5.41, 5.74) is 4.53. The quantitative estimate of drug-likeness (QED) is 0.881. The second-order valence-corrected chi connectivity index (χ2v) is 7.12. The van der Waals surface area contributed by atoms with E-state index in [9.17, 15) is 4.79 Å². The van der Waals surface area contributed by atoms with Crippen molar-refractivity contribution >= 4 is 17.3 Å². The highest BCUT2D eigenvalue weighted by atomic mass is 16.5. The van der Waals surface area contributed by atoms with Crippen LogP contribution >= 0.6 is 0 Å². The van der Waals surface area contributed by atoms with Gasteiger partial charge in [-0.2, -0.15) is 5.10 Å². The molecule has 4 rings (SSSR count). The maximum absolute atomic E-state index is 12.8. The van der Waals surface area contributed by atoms with Gasteiger partial charge in [0.2, 0.25) is 0 Å². The fourth-order valence-corrected chi connectivity index (χ4v) is 3.99. The van der Waals surface area contributed by atoms with E-state index in [1.54, 1.807) is 7.11 Å². The zero-order valence-corrected chi connectivity index (χ0v) is 15.3. The van der Waals surface area contributed by atoms with Crippen LogP contribution in [0.2, 0.25) is 0 Å². The topological polar surface area (TPSA) is 70.2 Å². The zero-order chi connectivity index (χ0) is 17.9. The van der Waals surface area contributed by atoms with Gasteiger partial charge in [0, 0.05) is 30.0 Å². The van der Waals surface area contributed by atoms with Crippen molar-refractivity contribution in [3.8, 4) is 5.75 Å². The van der Waals surface area contributed by atoms with E-state index in [0.29, 0.717) is 17.1 Å². The van der Waals surface area contributed by atoms with Crippen LogP contribution < -0.4 is 15.0 Å². The number of carbonyl (C=O) groups is 1. The van der Waals surface area contributed by atoms with Crippen LogP contribution in [0.1, 0.15) is 53.8 Å². The Labute approximate surface area is 153 Å². The third-order valence-electron chi connectivity index (χ3n) is 5.42. The number of hydrogen-bond donors (Lipinski definition) is 2. The molecule has 1 saturated heterocycles. The molecular weight excluding hydrogens is 328 g/mol. The molecule has 1 aromatic heterocycles. The molecule has 26 heavy (non-hydrogen) atoms. The largest absolute Gasteiger partial charge is 0.495 e. The number of H-pyrrole nitrogens is 1. The van der Waals surface area contributed by atoms with Gasteiger partial charge in [-0.05, 0) is 63.1 Å². The van der Waals surface area contributed by atoms with Crippen molar-refractivity contribution in [2.24, 2.45) is 0 Å². The lowest BCUT2D eigenvalue weighted by Gasteiger charge is -2.29. The van der Waals surface area contributed by atoms with Crippen molar-refractivity contribution in [3.05, 3.63) is 35.2 Å². The zero-order valence-electron chi connectivity index (χ0n) is 15.3. The molecule has 1 aliphatic carbocycles. The first-order valence-electron chi connectivity index (χ1n) is 9.56. The van der Waals surface area contributed by atoms with Gasteiger partial charge in [-0.15, -0.1) is 0 Å². The standard InChI is InChI=1S/C20H26N4O2/c1-26-18-10-9-14(24-11-5-2-6-12-24)13-17(18)21-20(25)19-15-7-3-4-8-16(15)22-23-19/h9-10,13H,2-8,11-12H2,1H3,(H,21,25)(H,22,23). The first kappa shape index (κ1) is 16.9. The Hall–Kier alpha value is -2.50. The van der Waals surface area contributed by atoms with E-state index >= 15 is 0 Å². The number of piperidine rings is 1. The Morgan fingerprint density at radius 3 is 2.77 bits per heavy atom. The number of ether oxygens (including phenoxy) is 1. The van der Waals surface area contributed by atoms with E-state index in [0.717, 1.165) is 55.7 Å². The number of amides is 1. The number of aromatic nitrogens is 2. The van der Waals surface area contributed by atoms with Gasteiger partial charge in [-0.3, -0.25) is 9.89 Å². The van der Waals surface area contributed by atoms with Crippen LogP contribution in [-0.2, 0) is 12.8 Å². The van der Waals surface area contributed by atoms with Crippen LogP contribution in [0.3, 0.4) is 0 Å². The molecule has 2 aromatic rings. The smallest absolute Gasteiger partial charge is 0.276 e. The van der Waals surface area contributed by atoms with Gasteiger partial charge in [-0.25, -0.2) is 0 Å². The SMILES string of the molecule is COc1ccc(N2CCCCC2)cc1NC(=O)c1n[nH]c2c1CCCC2. The summed E-state index contributed by atoms with van der Waals surface area (Å²) in [5, 5.41) is 10.3. The van der Waals surface area contributed by atoms with Gasteiger partial charge in [0.1, 0.15) is 5.75 Å². The first-order valence-corrected chi connectivity index (χ1v) is 9.56. The molecule has 0 saturated carbocycles. The van der Waals surface area contributed by atoms with Gasteiger partial charge < -0.3 is 15.0 Å². The van der Waals surface area contributed by atoms with Gasteiger partial charge >= 0.3 is 0 Å². The predicted molar refractivity (Wildman–Crippen MR) is 102 cm³/mol. The number of anilines is 2. The number of nitrogens with zero attached hydrogens (tertiary/aromatic N) is 2. The molecule has 1 fully saturated rings. The maximum atomic E-state index is 12.8. The molecule has 6 heteroatoms. The Kier molecular flexibility index (Phi) is 4.82. The lowest BCUT2D eigenvalue weighted by atomic mass is 9.96. The summed E-state index contributed by atoms with van der Waals surface area (Å²) < 4.78 is 5.46. The predicted octanol–water partition coefficient (Wildman–Crippen LogP) is 3.54. The van der Waals surface area contributed by atoms with Crippen LogP contribution in [0.25, 0.3) is 0 Å². The third-order valence-corrected chi connectivity index (χ3v) is 5.42. The molecule has 6 nitrogen and oxygen atoms in total. The second kappa shape index (κ2) is 7.40. The van der Waals surface area contributed by atoms with E-state index in [1.165, 1.54) is 19.3 Å². The highest BCUT2D eigenvalue weighted by Crippen LogP contribution is 2.32. The Morgan fingerprint density at radius 2 is 1.96 bits per heavy atom. The lowest BCUT2D eigenvalue weighted by Crippen LogP contribution is -2.29. The minimum Gasteiger partial charge on any atom is -0.495 e. The molecule has 1 amide bonds. The number of aryl methyl sites for hydroxylation is 1. The van der Waals surface area contributed by atoms with Crippen molar-refractivity contribution < 1.29 is 9.53 Å². The van der Waals surface area contributed by atoms with E-state index in [-0.39, 0.29) is 5.91 Å². The van der Waals surface area contributed by atoms with E-state index < -0.39 is 0 Å². The van der Waals surface area contributed by atoms with Crippen molar-refractivity contribution in [1.29, 1.82) is 0 Å². The third kappa shape index (κ3) is 3.28. The van der Waals surface area contributed by atoms with Crippen LogP contribution in [0.4, 0.5) is 11.4 Å². The number of carbonyl (C=O) groups excluding carboxylic acids is 1. The summed E-state index contributed by atoms with van der Waals surface area (Å²) in [4.78, 5) is 15.2. The van der Waals surface area contributed by atoms with E-state index in [4.69, 9.17) is 4.74 Å². The summed E-state index contributed by atoms with van der Waals surface area (Å²) in [6.07, 6.45) is 7.88. The number of nitrogens with one attached hydrogen (secondary N) is 2. The van der Waals surface area contributed by atoms with Crippen LogP contribution in [0.15, 0.2) is 18.2 Å². The average Bonchev–Trinajstić information content (AvgIpc) is 3.13. The molecule has 0 unspecified atom stereocenters. The summed E-state index contributed by atoms with van der Waals surface area (Å²) in [6.45, 7) is 2.12. The van der Waals surface area contributed by atoms with Gasteiger partial charge in [-0.1, -0.05) is 0 Å². The second-order valence-electron chi connectivity index (χ2n) is 7.12. The minimum absolute atomic E-state index is 0.168. The molecule has 1 aromatic carbocycles. The first-order chi connectivity index (χ1) is 12.8. The fraction of sp³-hybridized carbons (Fsp3) is 0.500. The molecule has 0 spiro atoms. The van der Waals surface area contributed by atoms with Gasteiger partial charge in [0.15, 0.2) is 5.69 Å². The fourth-order valence-electron chi connectivity index (χ4n) is 3.99. The van der Waals surface area contributed by atoms with Gasteiger partial charge in [0.25, 0.3) is 5.91 Å². The number of hydrogen-bond acceptors (Lipinski definition) is 4. The van der Waals surface area contributed by atoms with Crippen LogP contribution in [0, 0.1) is 0 Å². The molecule has 2 heterocycles. The normalized spacial score (nSPS) is 16.9. The number of benzene rings is 1. The van der Waals surface area contributed by atoms with E-state index in [2.05, 4.69) is 26.5 Å². The number of aromatic amines is 1. The molecule has 2 N–H and O–H groups in total.